The maximum absolute atomic E-state index is 6.03. The van der Waals surface area contributed by atoms with Crippen LogP contribution in [0.25, 0.3) is 94.9 Å². The van der Waals surface area contributed by atoms with Gasteiger partial charge in [-0.15, -0.1) is 0 Å². The summed E-state index contributed by atoms with van der Waals surface area (Å²) < 4.78 is 6.03. The highest BCUT2D eigenvalue weighted by Crippen LogP contribution is 2.42. The minimum absolute atomic E-state index is 0.889. The first-order valence-electron chi connectivity index (χ1n) is 16.3. The number of furan rings is 1. The van der Waals surface area contributed by atoms with Crippen molar-refractivity contribution in [1.29, 1.82) is 0 Å². The van der Waals surface area contributed by atoms with Crippen LogP contribution in [0.4, 0.5) is 0 Å². The zero-order chi connectivity index (χ0) is 32.8. The van der Waals surface area contributed by atoms with E-state index in [4.69, 9.17) is 4.42 Å². The normalized spacial score (nSPS) is 11.6. The van der Waals surface area contributed by atoms with Crippen molar-refractivity contribution in [2.45, 2.75) is 6.92 Å². The highest BCUT2D eigenvalue weighted by Gasteiger charge is 2.17. The fourth-order valence-electron chi connectivity index (χ4n) is 7.19. The van der Waals surface area contributed by atoms with Gasteiger partial charge in [0.1, 0.15) is 11.3 Å². The molecule has 0 bridgehead atoms. The molecule has 1 heteroatoms. The molecule has 1 nitrogen and oxygen atoms in total. The molecule has 0 aliphatic rings. The van der Waals surface area contributed by atoms with Crippen molar-refractivity contribution in [1.82, 2.24) is 0 Å². The molecule has 0 amide bonds. The summed E-state index contributed by atoms with van der Waals surface area (Å²) in [7, 11) is 0. The summed E-state index contributed by atoms with van der Waals surface area (Å²) in [5.74, 6) is 0.904. The van der Waals surface area contributed by atoms with Crippen molar-refractivity contribution in [2.24, 2.45) is 0 Å². The highest BCUT2D eigenvalue weighted by molar-refractivity contribution is 6.17. The van der Waals surface area contributed by atoms with Gasteiger partial charge in [-0.05, 0) is 114 Å². The molecule has 0 radical (unpaired) electrons. The summed E-state index contributed by atoms with van der Waals surface area (Å²) in [6.45, 7) is 14.4. The molecule has 1 heterocycles. The Balaban J connectivity index is 1.28. The van der Waals surface area contributed by atoms with Gasteiger partial charge < -0.3 is 4.42 Å². The first-order valence-corrected chi connectivity index (χ1v) is 16.3. The zero-order valence-electron chi connectivity index (χ0n) is 27.0. The summed E-state index contributed by atoms with van der Waals surface area (Å²) in [5.41, 5.74) is 11.2. The second-order valence-electron chi connectivity index (χ2n) is 12.2. The maximum Gasteiger partial charge on any atom is 0.134 e. The Hall–Kier alpha value is -6.18. The summed E-state index contributed by atoms with van der Waals surface area (Å²) in [4.78, 5) is 0. The third-order valence-electron chi connectivity index (χ3n) is 9.55. The molecule has 0 aliphatic carbocycles. The lowest BCUT2D eigenvalue weighted by Gasteiger charge is -2.18. The second kappa shape index (κ2) is 11.9. The van der Waals surface area contributed by atoms with Crippen LogP contribution in [0.5, 0.6) is 0 Å². The van der Waals surface area contributed by atoms with E-state index in [-0.39, 0.29) is 0 Å². The molecule has 0 saturated carbocycles. The third kappa shape index (κ3) is 4.80. The van der Waals surface area contributed by atoms with Gasteiger partial charge in [0.25, 0.3) is 0 Å². The number of allylic oxidation sites excluding steroid dienone is 2. The molecular formula is C47H34O. The highest BCUT2D eigenvalue weighted by atomic mass is 16.3. The van der Waals surface area contributed by atoms with E-state index in [1.165, 1.54) is 49.0 Å². The molecule has 0 unspecified atom stereocenters. The predicted molar refractivity (Wildman–Crippen MR) is 209 cm³/mol. The fourth-order valence-corrected chi connectivity index (χ4v) is 7.19. The van der Waals surface area contributed by atoms with Gasteiger partial charge in [-0.2, -0.15) is 0 Å². The lowest BCUT2D eigenvalue weighted by molar-refractivity contribution is 0.577. The smallest absolute Gasteiger partial charge is 0.134 e. The lowest BCUT2D eigenvalue weighted by Crippen LogP contribution is -1.93. The third-order valence-corrected chi connectivity index (χ3v) is 9.55. The van der Waals surface area contributed by atoms with Gasteiger partial charge in [0.2, 0.25) is 0 Å². The molecule has 0 spiro atoms. The van der Waals surface area contributed by atoms with Crippen molar-refractivity contribution < 1.29 is 4.42 Å². The van der Waals surface area contributed by atoms with Gasteiger partial charge in [-0.25, -0.2) is 0 Å². The van der Waals surface area contributed by atoms with E-state index in [9.17, 15) is 0 Å². The molecule has 0 fully saturated rings. The minimum atomic E-state index is 0.889. The Morgan fingerprint density at radius 3 is 1.92 bits per heavy atom. The maximum atomic E-state index is 6.03. The van der Waals surface area contributed by atoms with Crippen molar-refractivity contribution >= 4 is 61.5 Å². The van der Waals surface area contributed by atoms with Crippen LogP contribution in [0.2, 0.25) is 0 Å². The standard InChI is InChI=1S/C47H34O/c1-5-8-15-39-30(4)48-47-25-24-35(27-46(39)47)32-18-21-33(22-19-32)42-28-44-38(7-3)37(6-2)43(29-45(44)41-17-12-11-16-40(41)42)36-23-20-31-13-9-10-14-34(31)26-36/h5-29H,1-3H2,4H3/b15-8-. The monoisotopic (exact) mass is 614 g/mol. The average molecular weight is 615 g/mol. The molecule has 0 atom stereocenters. The summed E-state index contributed by atoms with van der Waals surface area (Å²) >= 11 is 0. The average Bonchev–Trinajstić information content (AvgIpc) is 3.46. The SMILES string of the molecule is C=C/C=C\c1c(C)oc2ccc(-c3ccc(-c4cc5c(C=C)c(C=C)c(-c6ccc7ccccc7c6)cc5c5ccccc45)cc3)cc12. The van der Waals surface area contributed by atoms with E-state index in [1.54, 1.807) is 6.08 Å². The molecule has 0 saturated heterocycles. The Morgan fingerprint density at radius 2 is 1.15 bits per heavy atom. The first kappa shape index (κ1) is 29.2. The number of benzene rings is 7. The predicted octanol–water partition coefficient (Wildman–Crippen LogP) is 13.7. The number of aryl methyl sites for hydroxylation is 1. The Morgan fingerprint density at radius 1 is 0.479 bits per heavy atom. The van der Waals surface area contributed by atoms with E-state index in [1.807, 2.05) is 25.2 Å². The van der Waals surface area contributed by atoms with E-state index >= 15 is 0 Å². The first-order chi connectivity index (χ1) is 23.6. The van der Waals surface area contributed by atoms with Crippen molar-refractivity contribution in [3.05, 3.63) is 176 Å². The van der Waals surface area contributed by atoms with Gasteiger partial charge in [-0.1, -0.05) is 141 Å². The van der Waals surface area contributed by atoms with Crippen molar-refractivity contribution in [2.75, 3.05) is 0 Å². The van der Waals surface area contributed by atoms with E-state index in [0.717, 1.165) is 50.1 Å². The second-order valence-corrected chi connectivity index (χ2v) is 12.2. The molecule has 48 heavy (non-hydrogen) atoms. The Bertz CT molecular complexity index is 2610. The Labute approximate surface area is 281 Å². The van der Waals surface area contributed by atoms with Crippen LogP contribution in [0.15, 0.2) is 158 Å². The van der Waals surface area contributed by atoms with Gasteiger partial charge in [0.05, 0.1) is 0 Å². The molecule has 7 aromatic carbocycles. The van der Waals surface area contributed by atoms with E-state index in [0.29, 0.717) is 0 Å². The van der Waals surface area contributed by atoms with Crippen LogP contribution in [-0.2, 0) is 0 Å². The fraction of sp³-hybridized carbons (Fsp3) is 0.0213. The van der Waals surface area contributed by atoms with E-state index < -0.39 is 0 Å². The number of hydrogen-bond donors (Lipinski definition) is 0. The summed E-state index contributed by atoms with van der Waals surface area (Å²) in [6, 6.07) is 43.9. The van der Waals surface area contributed by atoms with Gasteiger partial charge in [-0.3, -0.25) is 0 Å². The number of hydrogen-bond acceptors (Lipinski definition) is 1. The van der Waals surface area contributed by atoms with Crippen LogP contribution in [0.3, 0.4) is 0 Å². The van der Waals surface area contributed by atoms with Crippen LogP contribution in [0, 0.1) is 6.92 Å². The molecule has 8 aromatic rings. The van der Waals surface area contributed by atoms with Crippen LogP contribution >= 0.6 is 0 Å². The van der Waals surface area contributed by atoms with Crippen LogP contribution < -0.4 is 0 Å². The lowest BCUT2D eigenvalue weighted by atomic mass is 9.85. The quantitative estimate of drug-likeness (QED) is 0.129. The summed E-state index contributed by atoms with van der Waals surface area (Å²) in [5, 5.41) is 8.37. The van der Waals surface area contributed by atoms with E-state index in [2.05, 4.69) is 147 Å². The number of rotatable bonds is 7. The van der Waals surface area contributed by atoms with Gasteiger partial charge in [0.15, 0.2) is 0 Å². The van der Waals surface area contributed by atoms with Crippen molar-refractivity contribution in [3.8, 4) is 33.4 Å². The molecular weight excluding hydrogens is 581 g/mol. The molecule has 228 valence electrons. The van der Waals surface area contributed by atoms with Crippen LogP contribution in [-0.4, -0.2) is 0 Å². The topological polar surface area (TPSA) is 13.1 Å². The molecule has 0 N–H and O–H groups in total. The van der Waals surface area contributed by atoms with Gasteiger partial charge >= 0.3 is 0 Å². The molecule has 1 aromatic heterocycles. The zero-order valence-corrected chi connectivity index (χ0v) is 27.0. The summed E-state index contributed by atoms with van der Waals surface area (Å²) in [6.07, 6.45) is 9.76. The van der Waals surface area contributed by atoms with Crippen LogP contribution in [0.1, 0.15) is 22.5 Å². The van der Waals surface area contributed by atoms with Gasteiger partial charge in [0, 0.05) is 10.9 Å². The number of fused-ring (bicyclic) bond motifs is 5. The van der Waals surface area contributed by atoms with Crippen molar-refractivity contribution in [3.63, 3.8) is 0 Å². The Kier molecular flexibility index (Phi) is 7.23. The molecule has 0 aliphatic heterocycles. The minimum Gasteiger partial charge on any atom is -0.461 e. The molecule has 8 rings (SSSR count). The largest absolute Gasteiger partial charge is 0.461 e.